The van der Waals surface area contributed by atoms with Gasteiger partial charge in [0.25, 0.3) is 5.91 Å². The molecule has 1 aliphatic carbocycles. The summed E-state index contributed by atoms with van der Waals surface area (Å²) in [5, 5.41) is 4.48. The van der Waals surface area contributed by atoms with Gasteiger partial charge in [-0.2, -0.15) is 5.10 Å². The third-order valence-electron chi connectivity index (χ3n) is 4.93. The lowest BCUT2D eigenvalue weighted by Crippen LogP contribution is -2.42. The maximum Gasteiger partial charge on any atom is 0.257 e. The molecular weight excluding hydrogens is 306 g/mol. The van der Waals surface area contributed by atoms with Crippen molar-refractivity contribution in [1.82, 2.24) is 14.7 Å². The van der Waals surface area contributed by atoms with Gasteiger partial charge in [-0.3, -0.25) is 9.48 Å². The Hall–Kier alpha value is -2.08. The molecule has 0 saturated heterocycles. The van der Waals surface area contributed by atoms with E-state index in [4.69, 9.17) is 9.15 Å². The summed E-state index contributed by atoms with van der Waals surface area (Å²) in [5.74, 6) is 0.709. The number of carbonyl (C=O) groups excluding carboxylic acids is 1. The quantitative estimate of drug-likeness (QED) is 0.817. The van der Waals surface area contributed by atoms with E-state index < -0.39 is 0 Å². The molecule has 1 fully saturated rings. The highest BCUT2D eigenvalue weighted by atomic mass is 16.5. The number of carbonyl (C=O) groups is 1. The van der Waals surface area contributed by atoms with Crippen LogP contribution in [-0.2, 0) is 17.7 Å². The highest BCUT2D eigenvalue weighted by Crippen LogP contribution is 2.33. The Balaban J connectivity index is 1.60. The summed E-state index contributed by atoms with van der Waals surface area (Å²) in [7, 11) is 0. The minimum atomic E-state index is -0.0858. The van der Waals surface area contributed by atoms with Crippen molar-refractivity contribution in [2.24, 2.45) is 5.92 Å². The molecule has 2 aromatic rings. The van der Waals surface area contributed by atoms with Crippen LogP contribution in [0, 0.1) is 5.92 Å². The molecule has 24 heavy (non-hydrogen) atoms. The molecule has 1 aliphatic heterocycles. The third kappa shape index (κ3) is 2.86. The summed E-state index contributed by atoms with van der Waals surface area (Å²) in [4.78, 5) is 14.8. The van der Waals surface area contributed by atoms with Crippen molar-refractivity contribution >= 4 is 5.91 Å². The van der Waals surface area contributed by atoms with Gasteiger partial charge in [-0.1, -0.05) is 0 Å². The van der Waals surface area contributed by atoms with Gasteiger partial charge in [0.15, 0.2) is 0 Å². The molecule has 128 valence electrons. The number of aryl methyl sites for hydroxylation is 1. The molecule has 2 aliphatic rings. The predicted molar refractivity (Wildman–Crippen MR) is 87.6 cm³/mol. The molecular formula is C18H23N3O3. The van der Waals surface area contributed by atoms with Gasteiger partial charge < -0.3 is 14.1 Å². The van der Waals surface area contributed by atoms with Crippen LogP contribution < -0.4 is 0 Å². The Morgan fingerprint density at radius 2 is 2.29 bits per heavy atom. The number of fused-ring (bicyclic) bond motifs is 1. The van der Waals surface area contributed by atoms with Gasteiger partial charge in [-0.15, -0.1) is 0 Å². The Bertz CT molecular complexity index is 690. The molecule has 1 saturated carbocycles. The van der Waals surface area contributed by atoms with Crippen LogP contribution in [0.25, 0.3) is 0 Å². The zero-order valence-corrected chi connectivity index (χ0v) is 14.0. The number of ether oxygens (including phenoxy) is 1. The fourth-order valence-corrected chi connectivity index (χ4v) is 3.40. The monoisotopic (exact) mass is 329 g/mol. The van der Waals surface area contributed by atoms with Crippen molar-refractivity contribution < 1.29 is 13.9 Å². The number of hydrogen-bond donors (Lipinski definition) is 0. The molecule has 3 heterocycles. The molecule has 0 radical (unpaired) electrons. The lowest BCUT2D eigenvalue weighted by molar-refractivity contribution is 0.0345. The van der Waals surface area contributed by atoms with Crippen LogP contribution in [0.4, 0.5) is 0 Å². The topological polar surface area (TPSA) is 60.5 Å². The first kappa shape index (κ1) is 15.4. The van der Waals surface area contributed by atoms with E-state index in [-0.39, 0.29) is 11.9 Å². The van der Waals surface area contributed by atoms with Gasteiger partial charge in [-0.05, 0) is 43.7 Å². The van der Waals surface area contributed by atoms with Crippen molar-refractivity contribution in [3.63, 3.8) is 0 Å². The fraction of sp³-hybridized carbons (Fsp3) is 0.556. The zero-order valence-electron chi connectivity index (χ0n) is 14.0. The van der Waals surface area contributed by atoms with Crippen LogP contribution in [0.3, 0.4) is 0 Å². The minimum Gasteiger partial charge on any atom is -0.472 e. The first-order valence-corrected chi connectivity index (χ1v) is 8.73. The normalized spacial score (nSPS) is 20.2. The van der Waals surface area contributed by atoms with E-state index in [2.05, 4.69) is 12.0 Å². The lowest BCUT2D eigenvalue weighted by atomic mass is 9.99. The summed E-state index contributed by atoms with van der Waals surface area (Å²) in [6.45, 7) is 4.87. The highest BCUT2D eigenvalue weighted by molar-refractivity contribution is 5.94. The maximum absolute atomic E-state index is 12.9. The Labute approximate surface area is 141 Å². The minimum absolute atomic E-state index is 0.00160. The molecule has 0 unspecified atom stereocenters. The van der Waals surface area contributed by atoms with Crippen molar-refractivity contribution in [2.75, 3.05) is 19.8 Å². The molecule has 0 aromatic carbocycles. The number of nitrogens with zero attached hydrogens (tertiary/aromatic N) is 3. The van der Waals surface area contributed by atoms with Gasteiger partial charge in [0.1, 0.15) is 6.26 Å². The number of furan rings is 1. The van der Waals surface area contributed by atoms with Gasteiger partial charge in [-0.25, -0.2) is 0 Å². The summed E-state index contributed by atoms with van der Waals surface area (Å²) < 4.78 is 13.0. The summed E-state index contributed by atoms with van der Waals surface area (Å²) >= 11 is 0. The standard InChI is InChI=1S/C18H23N3O3/c1-2-21-17-14(9-19-21)5-7-20(18(22)15-6-8-23-11-15)16(17)12-24-10-13-3-4-13/h6,8-9,11,13,16H,2-5,7,10,12H2,1H3/t16-/m0/s1. The van der Waals surface area contributed by atoms with Crippen molar-refractivity contribution in [3.8, 4) is 0 Å². The molecule has 2 aromatic heterocycles. The maximum atomic E-state index is 12.9. The van der Waals surface area contributed by atoms with Crippen LogP contribution in [0.1, 0.15) is 47.4 Å². The molecule has 6 heteroatoms. The smallest absolute Gasteiger partial charge is 0.257 e. The molecule has 4 rings (SSSR count). The van der Waals surface area contributed by atoms with E-state index in [1.807, 2.05) is 15.8 Å². The van der Waals surface area contributed by atoms with Crippen LogP contribution in [-0.4, -0.2) is 40.3 Å². The molecule has 1 atom stereocenters. The lowest BCUT2D eigenvalue weighted by Gasteiger charge is -2.36. The van der Waals surface area contributed by atoms with E-state index in [0.29, 0.717) is 24.6 Å². The summed E-state index contributed by atoms with van der Waals surface area (Å²) in [5.41, 5.74) is 2.94. The van der Waals surface area contributed by atoms with Crippen molar-refractivity contribution in [2.45, 2.75) is 38.8 Å². The van der Waals surface area contributed by atoms with E-state index in [1.54, 1.807) is 6.07 Å². The average Bonchev–Trinajstić information content (AvgIpc) is 3.11. The molecule has 0 N–H and O–H groups in total. The van der Waals surface area contributed by atoms with Crippen LogP contribution in [0.2, 0.25) is 0 Å². The van der Waals surface area contributed by atoms with Gasteiger partial charge in [0.2, 0.25) is 0 Å². The second kappa shape index (κ2) is 6.43. The largest absolute Gasteiger partial charge is 0.472 e. The van der Waals surface area contributed by atoms with E-state index in [1.165, 1.54) is 30.9 Å². The number of amides is 1. The van der Waals surface area contributed by atoms with E-state index >= 15 is 0 Å². The molecule has 0 bridgehead atoms. The molecule has 1 amide bonds. The molecule has 6 nitrogen and oxygen atoms in total. The first-order chi connectivity index (χ1) is 11.8. The summed E-state index contributed by atoms with van der Waals surface area (Å²) in [6.07, 6.45) is 8.35. The molecule has 0 spiro atoms. The van der Waals surface area contributed by atoms with Crippen molar-refractivity contribution in [1.29, 1.82) is 0 Å². The van der Waals surface area contributed by atoms with Gasteiger partial charge >= 0.3 is 0 Å². The number of hydrogen-bond acceptors (Lipinski definition) is 4. The zero-order chi connectivity index (χ0) is 16.5. The summed E-state index contributed by atoms with van der Waals surface area (Å²) in [6, 6.07) is 1.63. The number of aromatic nitrogens is 2. The van der Waals surface area contributed by atoms with Crippen molar-refractivity contribution in [3.05, 3.63) is 41.6 Å². The SMILES string of the molecule is CCn1ncc2c1[C@H](COCC1CC1)N(C(=O)c1ccoc1)CC2. The Morgan fingerprint density at radius 3 is 3.00 bits per heavy atom. The van der Waals surface area contributed by atoms with Gasteiger partial charge in [0, 0.05) is 19.7 Å². The second-order valence-corrected chi connectivity index (χ2v) is 6.63. The Morgan fingerprint density at radius 1 is 1.42 bits per heavy atom. The first-order valence-electron chi connectivity index (χ1n) is 8.73. The van der Waals surface area contributed by atoms with E-state index in [0.717, 1.165) is 25.3 Å². The third-order valence-corrected chi connectivity index (χ3v) is 4.93. The second-order valence-electron chi connectivity index (χ2n) is 6.63. The fourth-order valence-electron chi connectivity index (χ4n) is 3.40. The number of rotatable bonds is 6. The van der Waals surface area contributed by atoms with E-state index in [9.17, 15) is 4.79 Å². The van der Waals surface area contributed by atoms with Crippen LogP contribution in [0.5, 0.6) is 0 Å². The Kier molecular flexibility index (Phi) is 4.14. The van der Waals surface area contributed by atoms with Crippen LogP contribution >= 0.6 is 0 Å². The highest BCUT2D eigenvalue weighted by Gasteiger charge is 2.35. The van der Waals surface area contributed by atoms with Crippen LogP contribution in [0.15, 0.2) is 29.2 Å². The van der Waals surface area contributed by atoms with Gasteiger partial charge in [0.05, 0.1) is 36.4 Å². The predicted octanol–water partition coefficient (Wildman–Crippen LogP) is 2.66. The average molecular weight is 329 g/mol.